The van der Waals surface area contributed by atoms with Gasteiger partial charge in [0.05, 0.1) is 23.1 Å². The number of hydrogen-bond donors (Lipinski definition) is 1. The Kier molecular flexibility index (Phi) is 5.94. The summed E-state index contributed by atoms with van der Waals surface area (Å²) in [5, 5.41) is 22.4. The molecule has 192 valence electrons. The standard InChI is InChI=1S/C23H15F5N10/c1-2-13(16-9-37(36-35-16)17-5-12(24)3-4-15(17)25)19-14(6-29)18(20-21(30)33-10-34-38(19)20)11-7-31-22(32-8-11)23(26,27)28/h3-5,7-10,13H,2H2,1H3,(H2,30,33,34). The molecule has 4 heterocycles. The molecule has 5 aromatic rings. The molecule has 4 aromatic heterocycles. The Labute approximate surface area is 210 Å². The second-order valence-corrected chi connectivity index (χ2v) is 8.09. The molecule has 0 spiro atoms. The number of aromatic nitrogens is 8. The van der Waals surface area contributed by atoms with Crippen LogP contribution in [0.2, 0.25) is 0 Å². The molecule has 0 amide bonds. The summed E-state index contributed by atoms with van der Waals surface area (Å²) in [5.41, 5.74) is 6.92. The maximum absolute atomic E-state index is 14.3. The molecular formula is C23H15F5N10. The molecule has 0 aliphatic rings. The summed E-state index contributed by atoms with van der Waals surface area (Å²) in [6.07, 6.45) is 0.00701. The van der Waals surface area contributed by atoms with Crippen LogP contribution in [-0.4, -0.2) is 39.6 Å². The number of fused-ring (bicyclic) bond motifs is 1. The Hall–Kier alpha value is -5.00. The summed E-state index contributed by atoms with van der Waals surface area (Å²) in [4.78, 5) is 10.8. The molecule has 1 atom stereocenters. The highest BCUT2D eigenvalue weighted by atomic mass is 19.4. The van der Waals surface area contributed by atoms with Crippen LogP contribution in [-0.2, 0) is 6.18 Å². The third kappa shape index (κ3) is 4.05. The minimum absolute atomic E-state index is 0.0268. The number of alkyl halides is 3. The van der Waals surface area contributed by atoms with Gasteiger partial charge in [-0.25, -0.2) is 32.9 Å². The van der Waals surface area contributed by atoms with E-state index in [1.54, 1.807) is 6.92 Å². The third-order valence-electron chi connectivity index (χ3n) is 5.86. The molecule has 0 saturated heterocycles. The first-order valence-electron chi connectivity index (χ1n) is 11.0. The first kappa shape index (κ1) is 24.7. The maximum atomic E-state index is 14.3. The van der Waals surface area contributed by atoms with Gasteiger partial charge in [0, 0.05) is 35.5 Å². The van der Waals surface area contributed by atoms with Crippen molar-refractivity contribution >= 4 is 11.3 Å². The van der Waals surface area contributed by atoms with Gasteiger partial charge in [-0.1, -0.05) is 12.1 Å². The van der Waals surface area contributed by atoms with Gasteiger partial charge in [0.1, 0.15) is 35.2 Å². The van der Waals surface area contributed by atoms with E-state index in [1.165, 1.54) is 10.7 Å². The van der Waals surface area contributed by atoms with Crippen LogP contribution in [0.4, 0.5) is 27.8 Å². The molecule has 0 aliphatic heterocycles. The molecule has 5 rings (SSSR count). The van der Waals surface area contributed by atoms with E-state index < -0.39 is 29.6 Å². The monoisotopic (exact) mass is 526 g/mol. The van der Waals surface area contributed by atoms with Gasteiger partial charge in [-0.3, -0.25) is 0 Å². The van der Waals surface area contributed by atoms with E-state index in [9.17, 15) is 27.2 Å². The third-order valence-corrected chi connectivity index (χ3v) is 5.86. The molecular weight excluding hydrogens is 511 g/mol. The molecule has 0 saturated carbocycles. The quantitative estimate of drug-likeness (QED) is 0.339. The highest BCUT2D eigenvalue weighted by Gasteiger charge is 2.35. The molecule has 0 radical (unpaired) electrons. The fraction of sp³-hybridized carbons (Fsp3) is 0.174. The minimum atomic E-state index is -4.76. The number of nitrogen functional groups attached to an aromatic ring is 1. The fourth-order valence-electron chi connectivity index (χ4n) is 4.21. The lowest BCUT2D eigenvalue weighted by Crippen LogP contribution is -2.10. The van der Waals surface area contributed by atoms with E-state index in [1.807, 2.05) is 0 Å². The lowest BCUT2D eigenvalue weighted by Gasteiger charge is -2.12. The highest BCUT2D eigenvalue weighted by Crippen LogP contribution is 2.40. The Balaban J connectivity index is 1.71. The van der Waals surface area contributed by atoms with E-state index in [4.69, 9.17) is 5.73 Å². The fourth-order valence-corrected chi connectivity index (χ4v) is 4.21. The van der Waals surface area contributed by atoms with Crippen molar-refractivity contribution < 1.29 is 22.0 Å². The number of halogens is 5. The van der Waals surface area contributed by atoms with Gasteiger partial charge in [0.2, 0.25) is 5.82 Å². The van der Waals surface area contributed by atoms with E-state index in [2.05, 4.69) is 36.4 Å². The van der Waals surface area contributed by atoms with Crippen molar-refractivity contribution in [1.29, 1.82) is 5.26 Å². The summed E-state index contributed by atoms with van der Waals surface area (Å²) in [6.45, 7) is 1.79. The van der Waals surface area contributed by atoms with Crippen LogP contribution in [0.25, 0.3) is 22.3 Å². The summed E-state index contributed by atoms with van der Waals surface area (Å²) in [7, 11) is 0. The predicted molar refractivity (Wildman–Crippen MR) is 122 cm³/mol. The van der Waals surface area contributed by atoms with E-state index in [0.29, 0.717) is 17.8 Å². The summed E-state index contributed by atoms with van der Waals surface area (Å²) in [5.74, 6) is -3.46. The van der Waals surface area contributed by atoms with Crippen molar-refractivity contribution in [3.63, 3.8) is 0 Å². The predicted octanol–water partition coefficient (Wildman–Crippen LogP) is 4.06. The summed E-state index contributed by atoms with van der Waals surface area (Å²) < 4.78 is 69.5. The van der Waals surface area contributed by atoms with Crippen LogP contribution >= 0.6 is 0 Å². The second kappa shape index (κ2) is 9.14. The van der Waals surface area contributed by atoms with Crippen molar-refractivity contribution in [2.45, 2.75) is 25.4 Å². The number of nitrogens with two attached hydrogens (primary N) is 1. The first-order chi connectivity index (χ1) is 18.1. The molecule has 1 aromatic carbocycles. The molecule has 2 N–H and O–H groups in total. The minimum Gasteiger partial charge on any atom is -0.382 e. The van der Waals surface area contributed by atoms with Crippen molar-refractivity contribution in [3.8, 4) is 22.9 Å². The molecule has 0 fully saturated rings. The van der Waals surface area contributed by atoms with Gasteiger partial charge < -0.3 is 5.73 Å². The number of nitriles is 1. The molecule has 0 bridgehead atoms. The lowest BCUT2D eigenvalue weighted by atomic mass is 9.93. The zero-order valence-corrected chi connectivity index (χ0v) is 19.3. The number of anilines is 1. The van der Waals surface area contributed by atoms with Gasteiger partial charge in [-0.05, 0) is 18.6 Å². The number of benzene rings is 1. The molecule has 38 heavy (non-hydrogen) atoms. The Morgan fingerprint density at radius 1 is 1.13 bits per heavy atom. The summed E-state index contributed by atoms with van der Waals surface area (Å²) in [6, 6.07) is 4.95. The van der Waals surface area contributed by atoms with Gasteiger partial charge in [0.25, 0.3) is 0 Å². The van der Waals surface area contributed by atoms with Crippen LogP contribution in [0.15, 0.2) is 43.1 Å². The highest BCUT2D eigenvalue weighted by molar-refractivity contribution is 5.92. The smallest absolute Gasteiger partial charge is 0.382 e. The summed E-state index contributed by atoms with van der Waals surface area (Å²) >= 11 is 0. The van der Waals surface area contributed by atoms with Crippen molar-refractivity contribution in [2.24, 2.45) is 0 Å². The van der Waals surface area contributed by atoms with Gasteiger partial charge in [-0.2, -0.15) is 23.5 Å². The SMILES string of the molecule is CCC(c1cn(-c2cc(F)ccc2F)nn1)c1c(C#N)c(-c2cnc(C(F)(F)F)nc2)c2c(N)ncnn12. The molecule has 10 nitrogen and oxygen atoms in total. The van der Waals surface area contributed by atoms with Crippen molar-refractivity contribution in [2.75, 3.05) is 5.73 Å². The Morgan fingerprint density at radius 2 is 1.87 bits per heavy atom. The lowest BCUT2D eigenvalue weighted by molar-refractivity contribution is -0.144. The van der Waals surface area contributed by atoms with Crippen LogP contribution < -0.4 is 5.73 Å². The second-order valence-electron chi connectivity index (χ2n) is 8.09. The zero-order valence-electron chi connectivity index (χ0n) is 19.3. The van der Waals surface area contributed by atoms with E-state index in [0.717, 1.165) is 41.6 Å². The number of hydrogen-bond acceptors (Lipinski definition) is 8. The Bertz CT molecular complexity index is 1700. The normalized spacial score (nSPS) is 12.6. The van der Waals surface area contributed by atoms with E-state index >= 15 is 0 Å². The number of rotatable bonds is 5. The molecule has 0 aliphatic carbocycles. The van der Waals surface area contributed by atoms with Crippen LogP contribution in [0.5, 0.6) is 0 Å². The average Bonchev–Trinajstić information content (AvgIpc) is 3.50. The molecule has 15 heteroatoms. The average molecular weight is 526 g/mol. The largest absolute Gasteiger partial charge is 0.451 e. The van der Waals surface area contributed by atoms with Gasteiger partial charge >= 0.3 is 6.18 Å². The Morgan fingerprint density at radius 3 is 2.53 bits per heavy atom. The van der Waals surface area contributed by atoms with Crippen molar-refractivity contribution in [3.05, 3.63) is 77.5 Å². The van der Waals surface area contributed by atoms with Crippen LogP contribution in [0.3, 0.4) is 0 Å². The molecule has 1 unspecified atom stereocenters. The van der Waals surface area contributed by atoms with Gasteiger partial charge in [-0.15, -0.1) is 5.10 Å². The van der Waals surface area contributed by atoms with Crippen LogP contribution in [0, 0.1) is 23.0 Å². The van der Waals surface area contributed by atoms with E-state index in [-0.39, 0.29) is 33.7 Å². The van der Waals surface area contributed by atoms with Gasteiger partial charge in [0.15, 0.2) is 5.82 Å². The maximum Gasteiger partial charge on any atom is 0.451 e. The topological polar surface area (TPSA) is 136 Å². The van der Waals surface area contributed by atoms with Crippen LogP contribution in [0.1, 0.15) is 42.0 Å². The number of nitrogens with zero attached hydrogens (tertiary/aromatic N) is 9. The zero-order chi connectivity index (χ0) is 27.2. The first-order valence-corrected chi connectivity index (χ1v) is 11.0. The van der Waals surface area contributed by atoms with Crippen molar-refractivity contribution in [1.82, 2.24) is 39.6 Å².